The van der Waals surface area contributed by atoms with E-state index in [4.69, 9.17) is 13.8 Å². The van der Waals surface area contributed by atoms with Gasteiger partial charge in [0.15, 0.2) is 0 Å². The molecule has 1 amide bonds. The van der Waals surface area contributed by atoms with Gasteiger partial charge in [-0.05, 0) is 96.0 Å². The normalized spacial score (nSPS) is 14.0. The van der Waals surface area contributed by atoms with E-state index in [1.54, 1.807) is 0 Å². The molecule has 444 valence electrons. The molecule has 0 saturated heterocycles. The van der Waals surface area contributed by atoms with Gasteiger partial charge in [-0.2, -0.15) is 0 Å². The van der Waals surface area contributed by atoms with Gasteiger partial charge in [-0.15, -0.1) is 0 Å². The number of rotatable bonds is 58. The fourth-order valence-electron chi connectivity index (χ4n) is 9.17. The van der Waals surface area contributed by atoms with Gasteiger partial charge in [0.25, 0.3) is 7.82 Å². The summed E-state index contributed by atoms with van der Waals surface area (Å²) in [6.45, 7) is 6.81. The molecule has 10 heteroatoms. The zero-order chi connectivity index (χ0) is 55.7. The van der Waals surface area contributed by atoms with Crippen molar-refractivity contribution in [1.82, 2.24) is 5.32 Å². The predicted molar refractivity (Wildman–Crippen MR) is 325 cm³/mol. The quantitative estimate of drug-likeness (QED) is 0.0212. The largest absolute Gasteiger partial charge is 0.756 e. The number of allylic oxidation sites excluding steroid dienone is 9. The van der Waals surface area contributed by atoms with Crippen molar-refractivity contribution in [2.75, 3.05) is 40.9 Å². The Labute approximate surface area is 471 Å². The fraction of sp³-hybridized carbons (Fsp3) is 0.818. The Balaban J connectivity index is 5.09. The molecule has 0 aromatic rings. The minimum atomic E-state index is -4.70. The lowest BCUT2D eigenvalue weighted by atomic mass is 10.0. The van der Waals surface area contributed by atoms with Gasteiger partial charge >= 0.3 is 5.97 Å². The zero-order valence-corrected chi connectivity index (χ0v) is 51.6. The Morgan fingerprint density at radius 1 is 0.461 bits per heavy atom. The number of esters is 1. The third kappa shape index (κ3) is 56.4. The average Bonchev–Trinajstić information content (AvgIpc) is 3.38. The lowest BCUT2D eigenvalue weighted by Crippen LogP contribution is -2.47. The van der Waals surface area contributed by atoms with E-state index < -0.39 is 26.6 Å². The van der Waals surface area contributed by atoms with Gasteiger partial charge in [-0.3, -0.25) is 14.2 Å². The van der Waals surface area contributed by atoms with Crippen LogP contribution in [-0.2, 0) is 27.9 Å². The summed E-state index contributed by atoms with van der Waals surface area (Å²) in [5.74, 6) is -0.556. The first-order chi connectivity index (χ1) is 36.9. The molecule has 3 atom stereocenters. The van der Waals surface area contributed by atoms with Crippen molar-refractivity contribution < 1.29 is 37.3 Å². The van der Waals surface area contributed by atoms with E-state index in [1.165, 1.54) is 180 Å². The number of phosphoric acid groups is 1. The molecule has 0 aliphatic heterocycles. The van der Waals surface area contributed by atoms with Gasteiger partial charge in [-0.25, -0.2) is 0 Å². The van der Waals surface area contributed by atoms with Crippen LogP contribution in [0.3, 0.4) is 0 Å². The zero-order valence-electron chi connectivity index (χ0n) is 50.7. The van der Waals surface area contributed by atoms with Gasteiger partial charge in [0.1, 0.15) is 19.3 Å². The molecule has 0 radical (unpaired) electrons. The van der Waals surface area contributed by atoms with Crippen molar-refractivity contribution in [2.24, 2.45) is 0 Å². The highest BCUT2D eigenvalue weighted by Crippen LogP contribution is 2.38. The molecular formula is C66H123N2O7P. The third-order valence-electron chi connectivity index (χ3n) is 14.2. The first kappa shape index (κ1) is 73.7. The number of ether oxygens (including phenoxy) is 1. The van der Waals surface area contributed by atoms with Crippen LogP contribution in [0.1, 0.15) is 297 Å². The number of nitrogens with one attached hydrogen (secondary N) is 1. The number of carbonyl (C=O) groups is 2. The standard InChI is InChI=1S/C66H123N2O7P/c1-7-10-13-16-19-22-25-27-29-30-31-32-33-34-35-36-37-38-39-40-43-46-49-52-55-58-65(69)67-63(62-74-76(71,72)73-61-60-68(4,5)6)64(57-54-51-48-45-42-24-21-18-15-12-9-3)75-66(70)59-56-53-50-47-44-41-28-26-23-20-17-14-11-8-2/h19,22,27,29,31-32,41,44,54,57,63-64H,7-18,20-21,23-26,28,30,33-40,42-43,45-53,55-56,58-62H2,1-6H3,(H-,67,69,71,72)/b22-19-,29-27-,32-31-,44-41-,57-54-. The van der Waals surface area contributed by atoms with Crippen LogP contribution >= 0.6 is 7.82 Å². The second-order valence-electron chi connectivity index (χ2n) is 22.9. The third-order valence-corrected chi connectivity index (χ3v) is 15.1. The molecule has 76 heavy (non-hydrogen) atoms. The molecule has 0 fully saturated rings. The molecule has 0 aliphatic rings. The Hall–Kier alpha value is -2.29. The number of nitrogens with zero attached hydrogens (tertiary/aromatic N) is 1. The second-order valence-corrected chi connectivity index (χ2v) is 24.3. The highest BCUT2D eigenvalue weighted by atomic mass is 31.2. The van der Waals surface area contributed by atoms with Crippen LogP contribution in [0.4, 0.5) is 0 Å². The lowest BCUT2D eigenvalue weighted by molar-refractivity contribution is -0.870. The van der Waals surface area contributed by atoms with E-state index in [0.717, 1.165) is 77.0 Å². The van der Waals surface area contributed by atoms with E-state index in [1.807, 2.05) is 33.3 Å². The molecule has 0 bridgehead atoms. The van der Waals surface area contributed by atoms with Gasteiger partial charge in [0, 0.05) is 12.8 Å². The molecule has 1 N–H and O–H groups in total. The number of unbranched alkanes of at least 4 members (excludes halogenated alkanes) is 34. The monoisotopic (exact) mass is 1090 g/mol. The first-order valence-electron chi connectivity index (χ1n) is 32.1. The molecular weight excluding hydrogens is 964 g/mol. The van der Waals surface area contributed by atoms with Gasteiger partial charge < -0.3 is 28.5 Å². The summed E-state index contributed by atoms with van der Waals surface area (Å²) in [5, 5.41) is 3.03. The summed E-state index contributed by atoms with van der Waals surface area (Å²) in [6, 6.07) is -0.895. The maximum atomic E-state index is 13.5. The number of carbonyl (C=O) groups excluding carboxylic acids is 2. The van der Waals surface area contributed by atoms with E-state index in [9.17, 15) is 19.0 Å². The van der Waals surface area contributed by atoms with Gasteiger partial charge in [0.05, 0.1) is 33.8 Å². The van der Waals surface area contributed by atoms with Crippen molar-refractivity contribution in [1.29, 1.82) is 0 Å². The number of hydrogen-bond acceptors (Lipinski definition) is 7. The maximum absolute atomic E-state index is 13.5. The molecule has 0 saturated carbocycles. The maximum Gasteiger partial charge on any atom is 0.306 e. The van der Waals surface area contributed by atoms with Crippen molar-refractivity contribution in [3.05, 3.63) is 60.8 Å². The molecule has 9 nitrogen and oxygen atoms in total. The Bertz CT molecular complexity index is 1490. The molecule has 0 aliphatic carbocycles. The van der Waals surface area contributed by atoms with E-state index >= 15 is 0 Å². The molecule has 3 unspecified atom stereocenters. The summed E-state index contributed by atoms with van der Waals surface area (Å²) < 4.78 is 30.3. The van der Waals surface area contributed by atoms with Crippen LogP contribution in [0, 0.1) is 0 Å². The molecule has 0 heterocycles. The van der Waals surface area contributed by atoms with Crippen LogP contribution in [0.5, 0.6) is 0 Å². The van der Waals surface area contributed by atoms with Crippen LogP contribution in [0.15, 0.2) is 60.8 Å². The van der Waals surface area contributed by atoms with Crippen LogP contribution in [0.2, 0.25) is 0 Å². The smallest absolute Gasteiger partial charge is 0.306 e. The first-order valence-corrected chi connectivity index (χ1v) is 33.6. The van der Waals surface area contributed by atoms with Crippen molar-refractivity contribution in [3.63, 3.8) is 0 Å². The Kier molecular flexibility index (Phi) is 54.3. The van der Waals surface area contributed by atoms with Crippen molar-refractivity contribution >= 4 is 19.7 Å². The van der Waals surface area contributed by atoms with E-state index in [-0.39, 0.29) is 24.9 Å². The van der Waals surface area contributed by atoms with Gasteiger partial charge in [0.2, 0.25) is 5.91 Å². The van der Waals surface area contributed by atoms with Crippen molar-refractivity contribution in [2.45, 2.75) is 309 Å². The summed E-state index contributed by atoms with van der Waals surface area (Å²) >= 11 is 0. The Morgan fingerprint density at radius 3 is 1.25 bits per heavy atom. The number of likely N-dealkylation sites (N-methyl/N-ethyl adjacent to an activating group) is 1. The summed E-state index contributed by atoms with van der Waals surface area (Å²) in [7, 11) is 1.18. The summed E-state index contributed by atoms with van der Waals surface area (Å²) in [5.41, 5.74) is 0. The SMILES string of the molecule is CCCCC/C=C\C/C=C\C/C=C\CCCCCCCCCCCCCCC(=O)NC(COP(=O)([O-])OCC[N+](C)(C)C)C(/C=C\CCCCCCCCCCC)OC(=O)CCCCC/C=C\CCCCCCCCC. The Morgan fingerprint density at radius 2 is 0.803 bits per heavy atom. The van der Waals surface area contributed by atoms with Crippen molar-refractivity contribution in [3.8, 4) is 0 Å². The highest BCUT2D eigenvalue weighted by molar-refractivity contribution is 7.45. The van der Waals surface area contributed by atoms with E-state index in [2.05, 4.69) is 74.7 Å². The number of phosphoric ester groups is 1. The number of quaternary nitrogens is 1. The average molecular weight is 1090 g/mol. The molecule has 0 aromatic carbocycles. The number of hydrogen-bond donors (Lipinski definition) is 1. The highest BCUT2D eigenvalue weighted by Gasteiger charge is 2.27. The second kappa shape index (κ2) is 56.0. The van der Waals surface area contributed by atoms with Crippen LogP contribution < -0.4 is 10.2 Å². The summed E-state index contributed by atoms with van der Waals surface area (Å²) in [4.78, 5) is 40.0. The molecule has 0 rings (SSSR count). The van der Waals surface area contributed by atoms with Crippen LogP contribution in [-0.4, -0.2) is 69.4 Å². The van der Waals surface area contributed by atoms with Gasteiger partial charge in [-0.1, -0.05) is 249 Å². The molecule has 0 spiro atoms. The summed E-state index contributed by atoms with van der Waals surface area (Å²) in [6.07, 6.45) is 70.5. The lowest BCUT2D eigenvalue weighted by Gasteiger charge is -2.30. The minimum absolute atomic E-state index is 0.0253. The molecule has 0 aromatic heterocycles. The topological polar surface area (TPSA) is 114 Å². The minimum Gasteiger partial charge on any atom is -0.756 e. The predicted octanol–water partition coefficient (Wildman–Crippen LogP) is 19.2. The van der Waals surface area contributed by atoms with Crippen LogP contribution in [0.25, 0.3) is 0 Å². The van der Waals surface area contributed by atoms with E-state index in [0.29, 0.717) is 23.9 Å². The fourth-order valence-corrected chi connectivity index (χ4v) is 9.89. The number of amides is 1.